The summed E-state index contributed by atoms with van der Waals surface area (Å²) in [6.07, 6.45) is 7.22. The molecule has 3 aliphatic heterocycles. The topological polar surface area (TPSA) is 97.1 Å². The van der Waals surface area contributed by atoms with Gasteiger partial charge in [0.1, 0.15) is 11.8 Å². The molecule has 3 fully saturated rings. The molecule has 0 bridgehead atoms. The molecule has 2 unspecified atom stereocenters. The van der Waals surface area contributed by atoms with Crippen molar-refractivity contribution in [3.05, 3.63) is 29.8 Å². The largest absolute Gasteiger partial charge is 0.493 e. The van der Waals surface area contributed by atoms with Crippen LogP contribution in [0, 0.1) is 5.92 Å². The number of nitrogens with zero attached hydrogens (tertiary/aromatic N) is 2. The molecule has 8 heteroatoms. The molecule has 5 atom stereocenters. The van der Waals surface area contributed by atoms with E-state index in [-0.39, 0.29) is 35.9 Å². The van der Waals surface area contributed by atoms with Gasteiger partial charge in [-0.25, -0.2) is 0 Å². The van der Waals surface area contributed by atoms with Crippen LogP contribution in [0.25, 0.3) is 0 Å². The van der Waals surface area contributed by atoms with E-state index in [1.54, 1.807) is 4.90 Å². The molecule has 5 rings (SSSR count). The number of piperazine rings is 1. The van der Waals surface area contributed by atoms with Crippen LogP contribution in [0.1, 0.15) is 63.5 Å². The summed E-state index contributed by atoms with van der Waals surface area (Å²) in [5.41, 5.74) is 7.56. The third-order valence-electron chi connectivity index (χ3n) is 8.39. The molecule has 8 nitrogen and oxygen atoms in total. The Balaban J connectivity index is 1.34. The first-order chi connectivity index (χ1) is 17.0. The number of benzene rings is 1. The number of fused-ring (bicyclic) bond motifs is 2. The molecule has 0 aromatic heterocycles. The number of hydrogen-bond donors (Lipinski definition) is 2. The molecule has 35 heavy (non-hydrogen) atoms. The molecule has 2 saturated heterocycles. The van der Waals surface area contributed by atoms with E-state index in [0.29, 0.717) is 32.7 Å². The van der Waals surface area contributed by atoms with Crippen molar-refractivity contribution in [1.82, 2.24) is 15.1 Å². The van der Waals surface area contributed by atoms with Crippen LogP contribution in [0.15, 0.2) is 24.3 Å². The minimum absolute atomic E-state index is 0.0658. The van der Waals surface area contributed by atoms with E-state index in [0.717, 1.165) is 50.0 Å². The van der Waals surface area contributed by atoms with Gasteiger partial charge in [0.2, 0.25) is 11.8 Å². The van der Waals surface area contributed by atoms with Gasteiger partial charge in [0, 0.05) is 44.3 Å². The van der Waals surface area contributed by atoms with Crippen LogP contribution in [0.3, 0.4) is 0 Å². The van der Waals surface area contributed by atoms with Crippen molar-refractivity contribution < 1.29 is 19.1 Å². The summed E-state index contributed by atoms with van der Waals surface area (Å²) in [7, 11) is 0. The zero-order valence-corrected chi connectivity index (χ0v) is 20.9. The lowest BCUT2D eigenvalue weighted by molar-refractivity contribution is -0.147. The number of rotatable bonds is 6. The number of nitrogens with two attached hydrogens (primary N) is 1. The third-order valence-corrected chi connectivity index (χ3v) is 8.39. The summed E-state index contributed by atoms with van der Waals surface area (Å²) in [4.78, 5) is 31.6. The second-order valence-corrected chi connectivity index (χ2v) is 10.6. The second-order valence-electron chi connectivity index (χ2n) is 10.6. The van der Waals surface area contributed by atoms with Crippen molar-refractivity contribution in [2.75, 3.05) is 32.8 Å². The average molecular weight is 485 g/mol. The predicted octanol–water partition coefficient (Wildman–Crippen LogP) is 2.22. The molecular weight excluding hydrogens is 444 g/mol. The van der Waals surface area contributed by atoms with E-state index in [2.05, 4.69) is 10.2 Å². The fourth-order valence-corrected chi connectivity index (χ4v) is 6.50. The first-order valence-electron chi connectivity index (χ1n) is 13.5. The first kappa shape index (κ1) is 24.5. The summed E-state index contributed by atoms with van der Waals surface area (Å²) in [6, 6.07) is 6.86. The van der Waals surface area contributed by atoms with Gasteiger partial charge in [0.15, 0.2) is 0 Å². The lowest BCUT2D eigenvalue weighted by Crippen LogP contribution is -2.65. The molecular formula is C27H40N4O4. The van der Waals surface area contributed by atoms with Gasteiger partial charge in [-0.2, -0.15) is 0 Å². The average Bonchev–Trinajstić information content (AvgIpc) is 3.29. The number of ether oxygens (including phenoxy) is 2. The number of para-hydroxylation sites is 1. The third kappa shape index (κ3) is 5.20. The summed E-state index contributed by atoms with van der Waals surface area (Å²) < 4.78 is 11.7. The maximum atomic E-state index is 13.7. The zero-order chi connectivity index (χ0) is 24.4. The normalized spacial score (nSPS) is 30.2. The molecule has 0 radical (unpaired) electrons. The summed E-state index contributed by atoms with van der Waals surface area (Å²) in [5, 5.41) is 3.25. The lowest BCUT2D eigenvalue weighted by Gasteiger charge is -2.44. The van der Waals surface area contributed by atoms with Crippen LogP contribution in [0.4, 0.5) is 0 Å². The summed E-state index contributed by atoms with van der Waals surface area (Å²) in [5.74, 6) is 0.859. The molecule has 1 aromatic carbocycles. The number of carbonyl (C=O) groups excluding carboxylic acids is 2. The van der Waals surface area contributed by atoms with Crippen LogP contribution < -0.4 is 15.8 Å². The number of hydrogen-bond acceptors (Lipinski definition) is 6. The Morgan fingerprint density at radius 3 is 2.74 bits per heavy atom. The van der Waals surface area contributed by atoms with Crippen molar-refractivity contribution in [3.63, 3.8) is 0 Å². The highest BCUT2D eigenvalue weighted by molar-refractivity contribution is 5.90. The molecule has 1 aliphatic carbocycles. The van der Waals surface area contributed by atoms with Gasteiger partial charge in [-0.05, 0) is 38.2 Å². The maximum Gasteiger partial charge on any atom is 0.244 e. The molecule has 3 heterocycles. The van der Waals surface area contributed by atoms with Gasteiger partial charge >= 0.3 is 0 Å². The smallest absolute Gasteiger partial charge is 0.244 e. The summed E-state index contributed by atoms with van der Waals surface area (Å²) in [6.45, 7) is 5.11. The van der Waals surface area contributed by atoms with E-state index in [4.69, 9.17) is 15.2 Å². The van der Waals surface area contributed by atoms with Crippen LogP contribution >= 0.6 is 0 Å². The molecule has 192 valence electrons. The standard InChI is InChI=1S/C27H40N4O4/c1-2-34-20-14-19-15-31(27(33)25(28)18-8-4-3-5-9-18)23(17-30(19)16-20)26(32)29-22-12-13-35-24-11-7-6-10-21(22)24/h6-7,10-11,18-20,22-23,25H,2-5,8-9,12-17,28H2,1H3,(H,29,32)/t19-,20?,22-,23?,25+/m1/s1. The number of carbonyl (C=O) groups is 2. The fraction of sp³-hybridized carbons (Fsp3) is 0.704. The molecule has 1 saturated carbocycles. The van der Waals surface area contributed by atoms with Crippen molar-refractivity contribution in [3.8, 4) is 5.75 Å². The Morgan fingerprint density at radius 2 is 1.94 bits per heavy atom. The Kier molecular flexibility index (Phi) is 7.60. The highest BCUT2D eigenvalue weighted by atomic mass is 16.5. The number of nitrogens with one attached hydrogen (secondary N) is 1. The highest BCUT2D eigenvalue weighted by Gasteiger charge is 2.46. The van der Waals surface area contributed by atoms with Gasteiger partial charge in [0.05, 0.1) is 24.8 Å². The van der Waals surface area contributed by atoms with Crippen LogP contribution in [-0.2, 0) is 14.3 Å². The van der Waals surface area contributed by atoms with Gasteiger partial charge in [-0.15, -0.1) is 0 Å². The van der Waals surface area contributed by atoms with Gasteiger partial charge < -0.3 is 25.4 Å². The molecule has 1 aromatic rings. The molecule has 0 spiro atoms. The van der Waals surface area contributed by atoms with E-state index in [9.17, 15) is 9.59 Å². The quantitative estimate of drug-likeness (QED) is 0.643. The van der Waals surface area contributed by atoms with E-state index in [1.807, 2.05) is 31.2 Å². The maximum absolute atomic E-state index is 13.7. The first-order valence-corrected chi connectivity index (χ1v) is 13.5. The molecule has 2 amide bonds. The van der Waals surface area contributed by atoms with E-state index < -0.39 is 12.1 Å². The van der Waals surface area contributed by atoms with Crippen molar-refractivity contribution in [1.29, 1.82) is 0 Å². The Hall–Kier alpha value is -2.16. The SMILES string of the molecule is CCOC1C[C@@H]2CN(C(=O)[C@@H](N)C3CCCCC3)C(C(=O)N[C@@H]3CCOc4ccccc43)CN2C1. The second kappa shape index (κ2) is 10.8. The Morgan fingerprint density at radius 1 is 1.14 bits per heavy atom. The lowest BCUT2D eigenvalue weighted by atomic mass is 9.83. The van der Waals surface area contributed by atoms with Gasteiger partial charge in [-0.1, -0.05) is 37.5 Å². The van der Waals surface area contributed by atoms with E-state index in [1.165, 1.54) is 6.42 Å². The minimum atomic E-state index is -0.552. The molecule has 4 aliphatic rings. The predicted molar refractivity (Wildman–Crippen MR) is 133 cm³/mol. The van der Waals surface area contributed by atoms with Crippen LogP contribution in [0.2, 0.25) is 0 Å². The van der Waals surface area contributed by atoms with Crippen molar-refractivity contribution in [2.45, 2.75) is 82.1 Å². The summed E-state index contributed by atoms with van der Waals surface area (Å²) >= 11 is 0. The highest BCUT2D eigenvalue weighted by Crippen LogP contribution is 2.33. The van der Waals surface area contributed by atoms with Crippen LogP contribution in [0.5, 0.6) is 5.75 Å². The van der Waals surface area contributed by atoms with Crippen molar-refractivity contribution in [2.24, 2.45) is 11.7 Å². The van der Waals surface area contributed by atoms with E-state index >= 15 is 0 Å². The minimum Gasteiger partial charge on any atom is -0.493 e. The number of amides is 2. The van der Waals surface area contributed by atoms with Crippen molar-refractivity contribution >= 4 is 11.8 Å². The van der Waals surface area contributed by atoms with Crippen LogP contribution in [-0.4, -0.2) is 78.7 Å². The molecule has 3 N–H and O–H groups in total. The van der Waals surface area contributed by atoms with Gasteiger partial charge in [0.25, 0.3) is 0 Å². The fourth-order valence-electron chi connectivity index (χ4n) is 6.50. The zero-order valence-electron chi connectivity index (χ0n) is 20.9. The monoisotopic (exact) mass is 484 g/mol. The van der Waals surface area contributed by atoms with Gasteiger partial charge in [-0.3, -0.25) is 14.5 Å². The Bertz CT molecular complexity index is 905. The Labute approximate surface area is 208 Å².